The summed E-state index contributed by atoms with van der Waals surface area (Å²) in [5.41, 5.74) is 4.66. The fraction of sp³-hybridized carbons (Fsp3) is 0.353. The van der Waals surface area contributed by atoms with E-state index in [2.05, 4.69) is 23.3 Å². The first kappa shape index (κ1) is 30.5. The second kappa shape index (κ2) is 13.6. The minimum Gasteiger partial charge on any atom is -0.492 e. The highest BCUT2D eigenvalue weighted by atomic mass is 32.2. The predicted octanol–water partition coefficient (Wildman–Crippen LogP) is 5.82. The van der Waals surface area contributed by atoms with Crippen molar-refractivity contribution in [1.29, 1.82) is 5.26 Å². The molecule has 2 aliphatic heterocycles. The van der Waals surface area contributed by atoms with Gasteiger partial charge in [0, 0.05) is 37.1 Å². The number of nitriles is 1. The molecule has 1 amide bonds. The Bertz CT molecular complexity index is 1650. The Kier molecular flexibility index (Phi) is 9.61. The van der Waals surface area contributed by atoms with Crippen LogP contribution < -0.4 is 10.1 Å². The molecule has 5 rings (SSSR count). The van der Waals surface area contributed by atoms with Crippen LogP contribution >= 0.6 is 0 Å². The highest BCUT2D eigenvalue weighted by Gasteiger charge is 2.25. The number of nitrogens with one attached hydrogen (secondary N) is 1. The van der Waals surface area contributed by atoms with Crippen LogP contribution in [0.15, 0.2) is 71.1 Å². The van der Waals surface area contributed by atoms with Crippen LogP contribution in [0.3, 0.4) is 0 Å². The van der Waals surface area contributed by atoms with E-state index in [-0.39, 0.29) is 23.0 Å². The van der Waals surface area contributed by atoms with Gasteiger partial charge in [0.1, 0.15) is 11.8 Å². The summed E-state index contributed by atoms with van der Waals surface area (Å²) in [6, 6.07) is 20.9. The second-order valence-corrected chi connectivity index (χ2v) is 13.1. The van der Waals surface area contributed by atoms with Crippen LogP contribution in [0.2, 0.25) is 0 Å². The number of nitrogens with zero attached hydrogens (tertiary/aromatic N) is 2. The van der Waals surface area contributed by atoms with Crippen LogP contribution in [-0.4, -0.2) is 57.9 Å². The molecule has 2 aliphatic rings. The fourth-order valence-corrected chi connectivity index (χ4v) is 6.95. The standard InChI is InChI=1S/C34H37N3O5S/c1-3-15-42-32-21-26(6-7-28(32)22-35)25-8-11-33-29(19-25)20-27(14-18-43(33,39)40)34(38)36-30-9-4-24(5-10-30)23-37(2)31-12-16-41-17-13-31/h4-11,19-21,31H,3,12-18,23H2,1-2H3,(H,36,38). The molecule has 0 unspecified atom stereocenters. The van der Waals surface area contributed by atoms with Crippen LogP contribution in [0.25, 0.3) is 17.2 Å². The fourth-order valence-electron chi connectivity index (χ4n) is 5.49. The summed E-state index contributed by atoms with van der Waals surface area (Å²) in [7, 11) is -1.46. The largest absolute Gasteiger partial charge is 0.492 e. The molecular weight excluding hydrogens is 562 g/mol. The third-order valence-corrected chi connectivity index (χ3v) is 9.74. The zero-order valence-corrected chi connectivity index (χ0v) is 25.5. The van der Waals surface area contributed by atoms with Crippen molar-refractivity contribution in [3.63, 3.8) is 0 Å². The number of amides is 1. The van der Waals surface area contributed by atoms with E-state index in [4.69, 9.17) is 9.47 Å². The normalized spacial score (nSPS) is 16.5. The summed E-state index contributed by atoms with van der Waals surface area (Å²) in [5.74, 6) is 0.0116. The smallest absolute Gasteiger partial charge is 0.251 e. The number of carbonyl (C=O) groups excluding carboxylic acids is 1. The number of sulfone groups is 1. The molecule has 0 atom stereocenters. The lowest BCUT2D eigenvalue weighted by Crippen LogP contribution is -2.36. The van der Waals surface area contributed by atoms with Gasteiger partial charge >= 0.3 is 0 Å². The van der Waals surface area contributed by atoms with Crippen LogP contribution in [-0.2, 0) is 25.9 Å². The van der Waals surface area contributed by atoms with Crippen molar-refractivity contribution in [3.05, 3.63) is 82.9 Å². The summed E-state index contributed by atoms with van der Waals surface area (Å²) in [6.45, 7) is 4.89. The molecule has 9 heteroatoms. The van der Waals surface area contributed by atoms with E-state index in [0.29, 0.717) is 40.8 Å². The Labute approximate surface area is 253 Å². The first-order valence-electron chi connectivity index (χ1n) is 14.7. The van der Waals surface area contributed by atoms with Gasteiger partial charge in [-0.1, -0.05) is 31.2 Å². The van der Waals surface area contributed by atoms with Gasteiger partial charge in [-0.05, 0) is 97.5 Å². The lowest BCUT2D eigenvalue weighted by Gasteiger charge is -2.31. The molecule has 0 spiro atoms. The first-order valence-corrected chi connectivity index (χ1v) is 16.4. The zero-order valence-electron chi connectivity index (χ0n) is 24.6. The number of rotatable bonds is 9. The van der Waals surface area contributed by atoms with Crippen molar-refractivity contribution >= 4 is 27.5 Å². The lowest BCUT2D eigenvalue weighted by atomic mass is 9.99. The van der Waals surface area contributed by atoms with E-state index in [1.54, 1.807) is 36.4 Å². The molecular formula is C34H37N3O5S. The van der Waals surface area contributed by atoms with Crippen molar-refractivity contribution in [3.8, 4) is 22.9 Å². The van der Waals surface area contributed by atoms with Crippen molar-refractivity contribution in [2.75, 3.05) is 37.9 Å². The summed E-state index contributed by atoms with van der Waals surface area (Å²) in [5, 5.41) is 12.4. The maximum atomic E-state index is 13.3. The molecule has 224 valence electrons. The van der Waals surface area contributed by atoms with Gasteiger partial charge in [-0.25, -0.2) is 8.42 Å². The van der Waals surface area contributed by atoms with Gasteiger partial charge in [-0.2, -0.15) is 5.26 Å². The Hall–Kier alpha value is -3.97. The third-order valence-electron chi connectivity index (χ3n) is 7.96. The van der Waals surface area contributed by atoms with Gasteiger partial charge in [0.15, 0.2) is 9.84 Å². The second-order valence-electron chi connectivity index (χ2n) is 11.1. The quantitative estimate of drug-likeness (QED) is 0.330. The molecule has 0 aliphatic carbocycles. The molecule has 1 fully saturated rings. The number of hydrogen-bond donors (Lipinski definition) is 1. The highest BCUT2D eigenvalue weighted by Crippen LogP contribution is 2.33. The Morgan fingerprint density at radius 3 is 2.51 bits per heavy atom. The van der Waals surface area contributed by atoms with E-state index in [0.717, 1.165) is 55.7 Å². The van der Waals surface area contributed by atoms with Gasteiger partial charge in [0.2, 0.25) is 0 Å². The minimum atomic E-state index is -3.59. The molecule has 0 aromatic heterocycles. The van der Waals surface area contributed by atoms with E-state index in [1.807, 2.05) is 37.3 Å². The Morgan fingerprint density at radius 1 is 1.07 bits per heavy atom. The number of carbonyl (C=O) groups is 1. The van der Waals surface area contributed by atoms with Crippen molar-refractivity contribution in [2.45, 2.75) is 50.1 Å². The predicted molar refractivity (Wildman–Crippen MR) is 167 cm³/mol. The van der Waals surface area contributed by atoms with Gasteiger partial charge in [-0.15, -0.1) is 0 Å². The number of anilines is 1. The first-order chi connectivity index (χ1) is 20.8. The summed E-state index contributed by atoms with van der Waals surface area (Å²) >= 11 is 0. The van der Waals surface area contributed by atoms with E-state index in [9.17, 15) is 18.5 Å². The summed E-state index contributed by atoms with van der Waals surface area (Å²) < 4.78 is 37.5. The van der Waals surface area contributed by atoms with E-state index >= 15 is 0 Å². The number of fused-ring (bicyclic) bond motifs is 1. The van der Waals surface area contributed by atoms with E-state index in [1.165, 1.54) is 0 Å². The number of ether oxygens (including phenoxy) is 2. The molecule has 0 radical (unpaired) electrons. The molecule has 43 heavy (non-hydrogen) atoms. The minimum absolute atomic E-state index is 0.109. The van der Waals surface area contributed by atoms with Gasteiger partial charge < -0.3 is 14.8 Å². The average Bonchev–Trinajstić information content (AvgIpc) is 3.16. The molecule has 1 saturated heterocycles. The summed E-state index contributed by atoms with van der Waals surface area (Å²) in [4.78, 5) is 15.9. The maximum absolute atomic E-state index is 13.3. The topological polar surface area (TPSA) is 109 Å². The van der Waals surface area contributed by atoms with Crippen LogP contribution in [0, 0.1) is 11.3 Å². The van der Waals surface area contributed by atoms with E-state index < -0.39 is 9.84 Å². The molecule has 8 nitrogen and oxygen atoms in total. The van der Waals surface area contributed by atoms with Gasteiger partial charge in [-0.3, -0.25) is 9.69 Å². The van der Waals surface area contributed by atoms with Crippen molar-refractivity contribution in [2.24, 2.45) is 0 Å². The third kappa shape index (κ3) is 7.34. The number of hydrogen-bond acceptors (Lipinski definition) is 7. The van der Waals surface area contributed by atoms with Crippen LogP contribution in [0.1, 0.15) is 49.3 Å². The molecule has 1 N–H and O–H groups in total. The van der Waals surface area contributed by atoms with Crippen LogP contribution in [0.5, 0.6) is 5.75 Å². The molecule has 0 bridgehead atoms. The van der Waals surface area contributed by atoms with Crippen LogP contribution in [0.4, 0.5) is 5.69 Å². The Balaban J connectivity index is 1.35. The lowest BCUT2D eigenvalue weighted by molar-refractivity contribution is -0.112. The number of benzene rings is 3. The maximum Gasteiger partial charge on any atom is 0.251 e. The SMILES string of the molecule is CCCOc1cc(-c2ccc3c(c2)C=C(C(=O)Nc2ccc(CN(C)C4CCOCC4)cc2)CCS3(=O)=O)ccc1C#N. The molecule has 3 aromatic rings. The highest BCUT2D eigenvalue weighted by molar-refractivity contribution is 7.91. The van der Waals surface area contributed by atoms with Gasteiger partial charge in [0.05, 0.1) is 22.8 Å². The van der Waals surface area contributed by atoms with Crippen molar-refractivity contribution < 1.29 is 22.7 Å². The Morgan fingerprint density at radius 2 is 1.79 bits per heavy atom. The van der Waals surface area contributed by atoms with Gasteiger partial charge in [0.25, 0.3) is 5.91 Å². The summed E-state index contributed by atoms with van der Waals surface area (Å²) in [6.07, 6.45) is 4.65. The average molecular weight is 600 g/mol. The molecule has 2 heterocycles. The molecule has 3 aromatic carbocycles. The zero-order chi connectivity index (χ0) is 30.4. The van der Waals surface area contributed by atoms with Crippen molar-refractivity contribution in [1.82, 2.24) is 4.90 Å². The monoisotopic (exact) mass is 599 g/mol. The molecule has 0 saturated carbocycles.